The summed E-state index contributed by atoms with van der Waals surface area (Å²) >= 11 is 0. The third kappa shape index (κ3) is 2.62. The summed E-state index contributed by atoms with van der Waals surface area (Å²) in [6.45, 7) is 6.31. The molecule has 0 unspecified atom stereocenters. The molecule has 1 aromatic heterocycles. The van der Waals surface area contributed by atoms with Crippen LogP contribution >= 0.6 is 0 Å². The van der Waals surface area contributed by atoms with Gasteiger partial charge in [-0.15, -0.1) is 0 Å². The van der Waals surface area contributed by atoms with Gasteiger partial charge in [-0.1, -0.05) is 0 Å². The average Bonchev–Trinajstić information content (AvgIpc) is 2.88. The summed E-state index contributed by atoms with van der Waals surface area (Å²) in [5.41, 5.74) is 1.40. The van der Waals surface area contributed by atoms with Crippen molar-refractivity contribution in [3.63, 3.8) is 0 Å². The van der Waals surface area contributed by atoms with E-state index >= 15 is 0 Å². The molecular formula is C12H21N3O. The zero-order valence-electron chi connectivity index (χ0n) is 10.1. The molecule has 4 nitrogen and oxygen atoms in total. The highest BCUT2D eigenvalue weighted by Gasteiger charge is 2.41. The van der Waals surface area contributed by atoms with E-state index in [1.54, 1.807) is 0 Å². The number of nitrogens with zero attached hydrogens (tertiary/aromatic N) is 2. The molecular weight excluding hydrogens is 202 g/mol. The van der Waals surface area contributed by atoms with Crippen molar-refractivity contribution < 1.29 is 5.11 Å². The molecule has 0 radical (unpaired) electrons. The van der Waals surface area contributed by atoms with Crippen LogP contribution in [0.15, 0.2) is 12.4 Å². The molecule has 0 bridgehead atoms. The number of hydrogen-bond donors (Lipinski definition) is 2. The maximum absolute atomic E-state index is 9.17. The summed E-state index contributed by atoms with van der Waals surface area (Å²) in [5, 5.41) is 16.9. The first-order chi connectivity index (χ1) is 7.65. The normalized spacial score (nSPS) is 18.0. The van der Waals surface area contributed by atoms with Crippen molar-refractivity contribution in [1.29, 1.82) is 0 Å². The van der Waals surface area contributed by atoms with E-state index in [9.17, 15) is 5.11 Å². The molecule has 1 aromatic rings. The molecule has 0 spiro atoms. The molecule has 2 N–H and O–H groups in total. The Labute approximate surface area is 96.7 Å². The van der Waals surface area contributed by atoms with Crippen LogP contribution in [0.2, 0.25) is 0 Å². The van der Waals surface area contributed by atoms with Crippen LogP contribution in [0.5, 0.6) is 0 Å². The highest BCUT2D eigenvalue weighted by Crippen LogP contribution is 2.44. The first-order valence-electron chi connectivity index (χ1n) is 6.00. The number of aliphatic hydroxyl groups excluding tert-OH is 1. The minimum atomic E-state index is 0.189. The summed E-state index contributed by atoms with van der Waals surface area (Å²) in [6, 6.07) is 0.418. The number of rotatable bonds is 6. The lowest BCUT2D eigenvalue weighted by Crippen LogP contribution is -2.25. The highest BCUT2D eigenvalue weighted by molar-refractivity contribution is 5.04. The molecule has 0 amide bonds. The topological polar surface area (TPSA) is 50.1 Å². The maximum atomic E-state index is 9.17. The van der Waals surface area contributed by atoms with E-state index in [2.05, 4.69) is 30.5 Å². The molecule has 90 valence electrons. The van der Waals surface area contributed by atoms with Gasteiger partial charge in [0.1, 0.15) is 0 Å². The van der Waals surface area contributed by atoms with Gasteiger partial charge in [0.05, 0.1) is 6.20 Å². The molecule has 2 rings (SSSR count). The molecule has 1 fully saturated rings. The molecule has 1 saturated carbocycles. The molecule has 0 aliphatic heterocycles. The van der Waals surface area contributed by atoms with Gasteiger partial charge in [-0.05, 0) is 26.7 Å². The summed E-state index contributed by atoms with van der Waals surface area (Å²) in [5.74, 6) is 0. The van der Waals surface area contributed by atoms with Crippen molar-refractivity contribution in [3.8, 4) is 0 Å². The van der Waals surface area contributed by atoms with E-state index in [1.807, 2.05) is 10.9 Å². The zero-order chi connectivity index (χ0) is 11.6. The van der Waals surface area contributed by atoms with E-state index in [4.69, 9.17) is 0 Å². The first-order valence-corrected chi connectivity index (χ1v) is 6.00. The van der Waals surface area contributed by atoms with Crippen LogP contribution in [-0.4, -0.2) is 28.0 Å². The van der Waals surface area contributed by atoms with Gasteiger partial charge < -0.3 is 10.4 Å². The summed E-state index contributed by atoms with van der Waals surface area (Å²) < 4.78 is 1.97. The third-order valence-corrected chi connectivity index (χ3v) is 3.31. The SMILES string of the molecule is CC(C)n1cc(CNCC2(CO)CC2)cn1. The van der Waals surface area contributed by atoms with Gasteiger partial charge in [-0.2, -0.15) is 5.10 Å². The van der Waals surface area contributed by atoms with Crippen LogP contribution < -0.4 is 5.32 Å². The van der Waals surface area contributed by atoms with Crippen molar-refractivity contribution in [3.05, 3.63) is 18.0 Å². The molecule has 16 heavy (non-hydrogen) atoms. The van der Waals surface area contributed by atoms with Gasteiger partial charge in [0.25, 0.3) is 0 Å². The fraction of sp³-hybridized carbons (Fsp3) is 0.750. The second-order valence-corrected chi connectivity index (χ2v) is 5.18. The second kappa shape index (κ2) is 4.55. The van der Waals surface area contributed by atoms with Crippen molar-refractivity contribution >= 4 is 0 Å². The lowest BCUT2D eigenvalue weighted by atomic mass is 10.1. The molecule has 0 saturated heterocycles. The quantitative estimate of drug-likeness (QED) is 0.765. The number of nitrogens with one attached hydrogen (secondary N) is 1. The second-order valence-electron chi connectivity index (χ2n) is 5.18. The van der Waals surface area contributed by atoms with Crippen LogP contribution in [0, 0.1) is 5.41 Å². The van der Waals surface area contributed by atoms with E-state index < -0.39 is 0 Å². The van der Waals surface area contributed by atoms with Crippen molar-refractivity contribution in [2.45, 2.75) is 39.3 Å². The fourth-order valence-electron chi connectivity index (χ4n) is 1.79. The van der Waals surface area contributed by atoms with Crippen LogP contribution in [0.4, 0.5) is 0 Å². The molecule has 4 heteroatoms. The standard InChI is InChI=1S/C12H21N3O/c1-10(2)15-7-11(6-14-15)5-13-8-12(9-16)3-4-12/h6-7,10,13,16H,3-5,8-9H2,1-2H3. The molecule has 1 heterocycles. The van der Waals surface area contributed by atoms with E-state index in [1.165, 1.54) is 5.56 Å². The fourth-order valence-corrected chi connectivity index (χ4v) is 1.79. The first kappa shape index (κ1) is 11.6. The van der Waals surface area contributed by atoms with Crippen LogP contribution in [0.25, 0.3) is 0 Å². The summed E-state index contributed by atoms with van der Waals surface area (Å²) in [7, 11) is 0. The van der Waals surface area contributed by atoms with Gasteiger partial charge in [0, 0.05) is 42.9 Å². The highest BCUT2D eigenvalue weighted by atomic mass is 16.3. The Balaban J connectivity index is 1.77. The third-order valence-electron chi connectivity index (χ3n) is 3.31. The lowest BCUT2D eigenvalue weighted by molar-refractivity contribution is 0.207. The average molecular weight is 223 g/mol. The van der Waals surface area contributed by atoms with Crippen molar-refractivity contribution in [2.75, 3.05) is 13.2 Å². The molecule has 0 atom stereocenters. The van der Waals surface area contributed by atoms with Gasteiger partial charge >= 0.3 is 0 Å². The molecule has 0 aromatic carbocycles. The summed E-state index contributed by atoms with van der Waals surface area (Å²) in [4.78, 5) is 0. The Morgan fingerprint density at radius 1 is 1.56 bits per heavy atom. The van der Waals surface area contributed by atoms with Gasteiger partial charge in [-0.25, -0.2) is 0 Å². The van der Waals surface area contributed by atoms with Gasteiger partial charge in [-0.3, -0.25) is 4.68 Å². The van der Waals surface area contributed by atoms with Gasteiger partial charge in [0.15, 0.2) is 0 Å². The lowest BCUT2D eigenvalue weighted by Gasteiger charge is -2.11. The van der Waals surface area contributed by atoms with Crippen molar-refractivity contribution in [2.24, 2.45) is 5.41 Å². The molecule has 1 aliphatic carbocycles. The van der Waals surface area contributed by atoms with E-state index in [0.717, 1.165) is 25.9 Å². The van der Waals surface area contributed by atoms with Gasteiger partial charge in [0.2, 0.25) is 0 Å². The van der Waals surface area contributed by atoms with Crippen LogP contribution in [0.3, 0.4) is 0 Å². The monoisotopic (exact) mass is 223 g/mol. The Morgan fingerprint density at radius 2 is 2.31 bits per heavy atom. The number of hydrogen-bond acceptors (Lipinski definition) is 3. The predicted molar refractivity (Wildman–Crippen MR) is 63.1 cm³/mol. The smallest absolute Gasteiger partial charge is 0.0534 e. The summed E-state index contributed by atoms with van der Waals surface area (Å²) in [6.07, 6.45) is 6.30. The Bertz CT molecular complexity index is 342. The van der Waals surface area contributed by atoms with E-state index in [0.29, 0.717) is 12.6 Å². The maximum Gasteiger partial charge on any atom is 0.0534 e. The van der Waals surface area contributed by atoms with Crippen LogP contribution in [-0.2, 0) is 6.54 Å². The predicted octanol–water partition coefficient (Wildman–Crippen LogP) is 1.33. The minimum absolute atomic E-state index is 0.189. The zero-order valence-corrected chi connectivity index (χ0v) is 10.1. The minimum Gasteiger partial charge on any atom is -0.396 e. The largest absolute Gasteiger partial charge is 0.396 e. The van der Waals surface area contributed by atoms with E-state index in [-0.39, 0.29) is 5.41 Å². The van der Waals surface area contributed by atoms with Crippen molar-refractivity contribution in [1.82, 2.24) is 15.1 Å². The number of aliphatic hydroxyl groups is 1. The Kier molecular flexibility index (Phi) is 3.30. The molecule has 1 aliphatic rings. The Hall–Kier alpha value is -0.870. The van der Waals surface area contributed by atoms with Crippen LogP contribution in [0.1, 0.15) is 38.3 Å². The Morgan fingerprint density at radius 3 is 2.81 bits per heavy atom. The number of aromatic nitrogens is 2.